The van der Waals surface area contributed by atoms with Gasteiger partial charge in [-0.1, -0.05) is 6.07 Å². The van der Waals surface area contributed by atoms with Crippen LogP contribution in [0.15, 0.2) is 22.9 Å². The Balaban J connectivity index is 1.47. The minimum atomic E-state index is -0.453. The Bertz CT molecular complexity index is 829. The Hall–Kier alpha value is -2.19. The summed E-state index contributed by atoms with van der Waals surface area (Å²) in [6.07, 6.45) is 4.13. The predicted molar refractivity (Wildman–Crippen MR) is 110 cm³/mol. The Morgan fingerprint density at radius 2 is 2.04 bits per heavy atom. The number of esters is 1. The number of ether oxygens (including phenoxy) is 1. The summed E-state index contributed by atoms with van der Waals surface area (Å²) < 4.78 is 5.24. The van der Waals surface area contributed by atoms with Gasteiger partial charge >= 0.3 is 5.97 Å². The van der Waals surface area contributed by atoms with E-state index in [1.54, 1.807) is 29.6 Å². The Morgan fingerprint density at radius 3 is 2.79 bits per heavy atom. The first-order valence-corrected chi connectivity index (χ1v) is 11.2. The van der Waals surface area contributed by atoms with Gasteiger partial charge in [-0.05, 0) is 49.6 Å². The molecule has 8 heteroatoms. The third-order valence-electron chi connectivity index (χ3n) is 4.72. The fourth-order valence-corrected chi connectivity index (χ4v) is 4.93. The molecule has 28 heavy (non-hydrogen) atoms. The molecule has 0 atom stereocenters. The third-order valence-corrected chi connectivity index (χ3v) is 6.68. The molecule has 0 unspecified atom stereocenters. The number of hydrogen-bond acceptors (Lipinski definition) is 6. The molecule has 1 aliphatic rings. The second kappa shape index (κ2) is 9.84. The van der Waals surface area contributed by atoms with Crippen LogP contribution in [0.5, 0.6) is 0 Å². The zero-order valence-electron chi connectivity index (χ0n) is 15.9. The van der Waals surface area contributed by atoms with Crippen LogP contribution in [0.3, 0.4) is 0 Å². The summed E-state index contributed by atoms with van der Waals surface area (Å²) in [6.45, 7) is 2.21. The lowest BCUT2D eigenvalue weighted by Gasteiger charge is -2.20. The third kappa shape index (κ3) is 5.20. The number of carbonyl (C=O) groups excluding carboxylic acids is 3. The van der Waals surface area contributed by atoms with Crippen molar-refractivity contribution in [2.75, 3.05) is 19.7 Å². The topological polar surface area (TPSA) is 75.7 Å². The second-order valence-electron chi connectivity index (χ2n) is 6.60. The molecule has 3 rings (SSSR count). The molecule has 0 bridgehead atoms. The number of nitrogens with one attached hydrogen (secondary N) is 1. The van der Waals surface area contributed by atoms with Gasteiger partial charge in [0.2, 0.25) is 5.91 Å². The molecule has 2 aromatic rings. The van der Waals surface area contributed by atoms with E-state index >= 15 is 0 Å². The number of likely N-dealkylation sites (N-methyl/N-ethyl adjacent to an activating group) is 1. The number of fused-ring (bicyclic) bond motifs is 1. The molecule has 0 spiro atoms. The van der Waals surface area contributed by atoms with Crippen LogP contribution in [0.25, 0.3) is 0 Å². The van der Waals surface area contributed by atoms with E-state index in [0.717, 1.165) is 36.1 Å². The lowest BCUT2D eigenvalue weighted by molar-refractivity contribution is -0.138. The maximum atomic E-state index is 12.4. The highest BCUT2D eigenvalue weighted by Gasteiger charge is 2.23. The van der Waals surface area contributed by atoms with Gasteiger partial charge in [-0.25, -0.2) is 4.79 Å². The van der Waals surface area contributed by atoms with Crippen LogP contribution in [-0.4, -0.2) is 42.4 Å². The summed E-state index contributed by atoms with van der Waals surface area (Å²) >= 11 is 3.15. The van der Waals surface area contributed by atoms with Gasteiger partial charge in [-0.15, -0.1) is 22.7 Å². The quantitative estimate of drug-likeness (QED) is 0.666. The van der Waals surface area contributed by atoms with Gasteiger partial charge in [0.25, 0.3) is 5.91 Å². The van der Waals surface area contributed by atoms with Crippen molar-refractivity contribution in [1.82, 2.24) is 10.2 Å². The number of carbonyl (C=O) groups is 3. The average molecular weight is 421 g/mol. The number of thiophene rings is 2. The van der Waals surface area contributed by atoms with Crippen LogP contribution < -0.4 is 5.32 Å². The van der Waals surface area contributed by atoms with E-state index in [1.165, 1.54) is 9.78 Å². The second-order valence-corrected chi connectivity index (χ2v) is 8.59. The van der Waals surface area contributed by atoms with Gasteiger partial charge in [-0.2, -0.15) is 0 Å². The zero-order valence-corrected chi connectivity index (χ0v) is 17.5. The highest BCUT2D eigenvalue weighted by Crippen LogP contribution is 2.30. The van der Waals surface area contributed by atoms with Gasteiger partial charge in [0, 0.05) is 21.7 Å². The van der Waals surface area contributed by atoms with Gasteiger partial charge in [0.1, 0.15) is 0 Å². The van der Waals surface area contributed by atoms with Crippen molar-refractivity contribution in [1.29, 1.82) is 0 Å². The molecule has 2 heterocycles. The molecule has 1 aliphatic carbocycles. The van der Waals surface area contributed by atoms with Crippen LogP contribution in [0.4, 0.5) is 0 Å². The molecule has 0 aromatic carbocycles. The largest absolute Gasteiger partial charge is 0.452 e. The normalized spacial score (nSPS) is 12.9. The molecule has 0 saturated carbocycles. The summed E-state index contributed by atoms with van der Waals surface area (Å²) in [5.41, 5.74) is 1.67. The van der Waals surface area contributed by atoms with E-state index in [2.05, 4.69) is 5.32 Å². The predicted octanol–water partition coefficient (Wildman–Crippen LogP) is 3.01. The van der Waals surface area contributed by atoms with E-state index in [9.17, 15) is 14.4 Å². The van der Waals surface area contributed by atoms with Crippen molar-refractivity contribution < 1.29 is 19.1 Å². The molecule has 150 valence electrons. The van der Waals surface area contributed by atoms with Crippen molar-refractivity contribution >= 4 is 40.5 Å². The maximum absolute atomic E-state index is 12.4. The minimum Gasteiger partial charge on any atom is -0.452 e. The first kappa shape index (κ1) is 20.5. The molecular formula is C20H24N2O4S2. The van der Waals surface area contributed by atoms with E-state index in [-0.39, 0.29) is 25.0 Å². The van der Waals surface area contributed by atoms with Gasteiger partial charge < -0.3 is 15.0 Å². The standard InChI is InChI=1S/C20H24N2O4S2/c1-2-22(11-18(23)21-10-14-6-5-9-27-14)19(24)12-26-20(25)16-13-28-17-8-4-3-7-15(16)17/h5-6,9,13H,2-4,7-8,10-12H2,1H3,(H,21,23). The van der Waals surface area contributed by atoms with Crippen LogP contribution in [0, 0.1) is 0 Å². The summed E-state index contributed by atoms with van der Waals surface area (Å²) in [5, 5.41) is 6.58. The molecule has 2 aromatic heterocycles. The number of nitrogens with zero attached hydrogens (tertiary/aromatic N) is 1. The minimum absolute atomic E-state index is 0.0495. The van der Waals surface area contributed by atoms with E-state index < -0.39 is 5.97 Å². The lowest BCUT2D eigenvalue weighted by atomic mass is 9.96. The summed E-state index contributed by atoms with van der Waals surface area (Å²) in [5.74, 6) is -1.06. The Kier molecular flexibility index (Phi) is 7.22. The maximum Gasteiger partial charge on any atom is 0.339 e. The SMILES string of the molecule is CCN(CC(=O)NCc1cccs1)C(=O)COC(=O)c1csc2c1CCCC2. The molecule has 0 aliphatic heterocycles. The average Bonchev–Trinajstić information content (AvgIpc) is 3.38. The number of hydrogen-bond donors (Lipinski definition) is 1. The van der Waals surface area contributed by atoms with Crippen LogP contribution in [0.2, 0.25) is 0 Å². The number of rotatable bonds is 8. The van der Waals surface area contributed by atoms with Crippen molar-refractivity contribution in [2.24, 2.45) is 0 Å². The number of amides is 2. The summed E-state index contributed by atoms with van der Waals surface area (Å²) in [7, 11) is 0. The number of aryl methyl sites for hydroxylation is 1. The zero-order chi connectivity index (χ0) is 19.9. The van der Waals surface area contributed by atoms with Crippen LogP contribution in [-0.2, 0) is 33.7 Å². The first-order valence-electron chi connectivity index (χ1n) is 9.41. The van der Waals surface area contributed by atoms with E-state index in [4.69, 9.17) is 4.74 Å². The molecule has 1 N–H and O–H groups in total. The summed E-state index contributed by atoms with van der Waals surface area (Å²) in [6, 6.07) is 3.86. The fraction of sp³-hybridized carbons (Fsp3) is 0.450. The van der Waals surface area contributed by atoms with Crippen molar-refractivity contribution in [3.63, 3.8) is 0 Å². The Morgan fingerprint density at radius 1 is 1.21 bits per heavy atom. The van der Waals surface area contributed by atoms with Crippen molar-refractivity contribution in [3.05, 3.63) is 43.8 Å². The van der Waals surface area contributed by atoms with Gasteiger partial charge in [-0.3, -0.25) is 9.59 Å². The van der Waals surface area contributed by atoms with Crippen LogP contribution >= 0.6 is 22.7 Å². The molecule has 0 fully saturated rings. The molecule has 0 saturated heterocycles. The molecular weight excluding hydrogens is 396 g/mol. The Labute approximate surface area is 172 Å². The van der Waals surface area contributed by atoms with Crippen molar-refractivity contribution in [3.8, 4) is 0 Å². The van der Waals surface area contributed by atoms with Crippen molar-refractivity contribution in [2.45, 2.75) is 39.2 Å². The van der Waals surface area contributed by atoms with E-state index in [1.807, 2.05) is 22.9 Å². The monoisotopic (exact) mass is 420 g/mol. The first-order chi connectivity index (χ1) is 13.6. The molecule has 2 amide bonds. The smallest absolute Gasteiger partial charge is 0.339 e. The fourth-order valence-electron chi connectivity index (χ4n) is 3.17. The lowest BCUT2D eigenvalue weighted by Crippen LogP contribution is -2.42. The van der Waals surface area contributed by atoms with Gasteiger partial charge in [0.15, 0.2) is 6.61 Å². The molecule has 0 radical (unpaired) electrons. The van der Waals surface area contributed by atoms with E-state index in [0.29, 0.717) is 18.7 Å². The highest BCUT2D eigenvalue weighted by atomic mass is 32.1. The van der Waals surface area contributed by atoms with Gasteiger partial charge in [0.05, 0.1) is 18.7 Å². The highest BCUT2D eigenvalue weighted by molar-refractivity contribution is 7.10. The summed E-state index contributed by atoms with van der Waals surface area (Å²) in [4.78, 5) is 40.5. The van der Waals surface area contributed by atoms with Crippen LogP contribution in [0.1, 0.15) is 45.4 Å². The molecule has 6 nitrogen and oxygen atoms in total.